The molecule has 0 spiro atoms. The minimum Gasteiger partial charge on any atom is -0.387 e. The van der Waals surface area contributed by atoms with E-state index >= 15 is 0 Å². The fourth-order valence-corrected chi connectivity index (χ4v) is 7.07. The van der Waals surface area contributed by atoms with Crippen LogP contribution in [0.5, 0.6) is 0 Å². The average Bonchev–Trinajstić information content (AvgIpc) is 3.25. The van der Waals surface area contributed by atoms with E-state index in [1.807, 2.05) is 4.90 Å². The van der Waals surface area contributed by atoms with Crippen molar-refractivity contribution >= 4 is 29.1 Å². The van der Waals surface area contributed by atoms with Gasteiger partial charge in [0.15, 0.2) is 0 Å². The summed E-state index contributed by atoms with van der Waals surface area (Å²) in [6.45, 7) is 4.32. The molecule has 0 aromatic heterocycles. The Morgan fingerprint density at radius 3 is 2.54 bits per heavy atom. The van der Waals surface area contributed by atoms with Crippen LogP contribution in [0.2, 0.25) is 0 Å². The third-order valence-corrected chi connectivity index (χ3v) is 8.62. The number of rotatable bonds is 2. The van der Waals surface area contributed by atoms with Crippen molar-refractivity contribution in [3.63, 3.8) is 0 Å². The maximum Gasteiger partial charge on any atom is 0.248 e. The second-order valence-corrected chi connectivity index (χ2v) is 9.70. The first-order chi connectivity index (χ1) is 12.4. The highest BCUT2D eigenvalue weighted by atomic mass is 35.5. The van der Waals surface area contributed by atoms with E-state index in [1.54, 1.807) is 0 Å². The number of halogens is 2. The van der Waals surface area contributed by atoms with Crippen molar-refractivity contribution in [1.82, 2.24) is 20.7 Å². The fraction of sp³-hybridized carbons (Fsp3) is 0.944. The van der Waals surface area contributed by atoms with Gasteiger partial charge in [0.25, 0.3) is 0 Å². The second kappa shape index (κ2) is 7.37. The van der Waals surface area contributed by atoms with Crippen LogP contribution in [0.25, 0.3) is 0 Å². The Morgan fingerprint density at radius 2 is 1.88 bits per heavy atom. The van der Waals surface area contributed by atoms with Gasteiger partial charge in [-0.1, -0.05) is 0 Å². The Kier molecular flexibility index (Phi) is 5.45. The SMILES string of the molecule is C[C@@H]1CC2C(CN1C(=O)CO)C1C(C3CNNC3)CC(Cl)C(Cl)C1N2C. The quantitative estimate of drug-likeness (QED) is 0.583. The molecule has 4 aliphatic rings. The lowest BCUT2D eigenvalue weighted by Gasteiger charge is -2.46. The smallest absolute Gasteiger partial charge is 0.248 e. The molecule has 3 N–H and O–H groups in total. The fourth-order valence-electron chi connectivity index (χ4n) is 6.27. The molecule has 148 valence electrons. The maximum absolute atomic E-state index is 12.3. The van der Waals surface area contributed by atoms with E-state index in [-0.39, 0.29) is 28.7 Å². The summed E-state index contributed by atoms with van der Waals surface area (Å²) in [4.78, 5) is 16.6. The van der Waals surface area contributed by atoms with E-state index in [0.717, 1.165) is 32.5 Å². The number of piperidine rings is 1. The van der Waals surface area contributed by atoms with Crippen LogP contribution >= 0.6 is 23.2 Å². The Balaban J connectivity index is 1.65. The number of carbonyl (C=O) groups is 1. The molecule has 8 heteroatoms. The number of aliphatic hydroxyl groups is 1. The predicted octanol–water partition coefficient (Wildman–Crippen LogP) is 0.473. The van der Waals surface area contributed by atoms with Crippen LogP contribution < -0.4 is 10.9 Å². The number of fused-ring (bicyclic) bond motifs is 3. The van der Waals surface area contributed by atoms with Crippen LogP contribution in [-0.4, -0.2) is 83.0 Å². The lowest BCUT2D eigenvalue weighted by atomic mass is 9.65. The van der Waals surface area contributed by atoms with E-state index in [0.29, 0.717) is 29.7 Å². The van der Waals surface area contributed by atoms with Crippen LogP contribution in [0.1, 0.15) is 19.8 Å². The van der Waals surface area contributed by atoms with Crippen LogP contribution in [0.15, 0.2) is 0 Å². The van der Waals surface area contributed by atoms with Crippen molar-refractivity contribution < 1.29 is 9.90 Å². The number of aliphatic hydroxyl groups excluding tert-OH is 1. The van der Waals surface area contributed by atoms with Gasteiger partial charge in [0.1, 0.15) is 6.61 Å². The van der Waals surface area contributed by atoms with Gasteiger partial charge in [0.2, 0.25) is 5.91 Å². The molecule has 3 saturated heterocycles. The zero-order chi connectivity index (χ0) is 18.6. The molecule has 3 heterocycles. The summed E-state index contributed by atoms with van der Waals surface area (Å²) in [7, 11) is 2.19. The van der Waals surface area contributed by atoms with E-state index in [1.165, 1.54) is 0 Å². The normalized spacial score (nSPS) is 47.0. The summed E-state index contributed by atoms with van der Waals surface area (Å²) in [6.07, 6.45) is 1.87. The molecule has 4 fully saturated rings. The number of amides is 1. The van der Waals surface area contributed by atoms with Gasteiger partial charge in [-0.05, 0) is 50.5 Å². The Bertz CT molecular complexity index is 547. The summed E-state index contributed by atoms with van der Waals surface area (Å²) in [5, 5.41) is 9.30. The molecule has 0 radical (unpaired) electrons. The largest absolute Gasteiger partial charge is 0.387 e. The molecule has 0 bridgehead atoms. The van der Waals surface area contributed by atoms with Gasteiger partial charge in [-0.2, -0.15) is 0 Å². The average molecular weight is 405 g/mol. The number of carbonyl (C=O) groups excluding carboxylic acids is 1. The molecule has 8 atom stereocenters. The topological polar surface area (TPSA) is 67.8 Å². The first-order valence-electron chi connectivity index (χ1n) is 9.80. The molecule has 26 heavy (non-hydrogen) atoms. The molecular formula is C18H30Cl2N4O2. The first-order valence-corrected chi connectivity index (χ1v) is 10.7. The third-order valence-electron chi connectivity index (χ3n) is 7.48. The molecule has 1 saturated carbocycles. The van der Waals surface area contributed by atoms with Crippen LogP contribution in [-0.2, 0) is 4.79 Å². The molecule has 6 nitrogen and oxygen atoms in total. The highest BCUT2D eigenvalue weighted by molar-refractivity contribution is 6.30. The standard InChI is InChI=1S/C18H30Cl2N4O2/c1-9-3-14-12(7-24(9)15(26)8-25)16-11(10-5-21-22-6-10)4-13(19)17(20)18(16)23(14)2/h9-14,16-18,21-22,25H,3-8H2,1-2H3/t9-,11?,12?,13?,14?,16?,17?,18?/m1/s1. The minimum absolute atomic E-state index is 0.0151. The Hall–Kier alpha value is -0.110. The summed E-state index contributed by atoms with van der Waals surface area (Å²) in [5.41, 5.74) is 6.53. The van der Waals surface area contributed by atoms with Crippen molar-refractivity contribution in [3.8, 4) is 0 Å². The van der Waals surface area contributed by atoms with Crippen molar-refractivity contribution in [3.05, 3.63) is 0 Å². The second-order valence-electron chi connectivity index (χ2n) is 8.64. The molecule has 1 amide bonds. The van der Waals surface area contributed by atoms with Crippen LogP contribution in [0.4, 0.5) is 0 Å². The number of alkyl halides is 2. The van der Waals surface area contributed by atoms with Gasteiger partial charge in [-0.15, -0.1) is 23.2 Å². The molecule has 0 aromatic carbocycles. The lowest BCUT2D eigenvalue weighted by molar-refractivity contribution is -0.139. The summed E-state index contributed by atoms with van der Waals surface area (Å²) in [6, 6.07) is 0.827. The first kappa shape index (κ1) is 19.2. The molecule has 4 rings (SSSR count). The highest BCUT2D eigenvalue weighted by Gasteiger charge is 2.59. The number of nitrogens with one attached hydrogen (secondary N) is 2. The third kappa shape index (κ3) is 2.97. The van der Waals surface area contributed by atoms with Gasteiger partial charge in [0.05, 0.1) is 10.8 Å². The molecule has 0 aromatic rings. The van der Waals surface area contributed by atoms with Crippen molar-refractivity contribution in [1.29, 1.82) is 0 Å². The van der Waals surface area contributed by atoms with E-state index in [2.05, 4.69) is 29.7 Å². The zero-order valence-corrected chi connectivity index (χ0v) is 17.0. The molecular weight excluding hydrogens is 375 g/mol. The number of hydrogen-bond donors (Lipinski definition) is 3. The molecule has 3 aliphatic heterocycles. The molecule has 1 aliphatic carbocycles. The Morgan fingerprint density at radius 1 is 1.19 bits per heavy atom. The van der Waals surface area contributed by atoms with Gasteiger partial charge < -0.3 is 10.0 Å². The van der Waals surface area contributed by atoms with Crippen LogP contribution in [0, 0.1) is 23.7 Å². The summed E-state index contributed by atoms with van der Waals surface area (Å²) >= 11 is 13.5. The van der Waals surface area contributed by atoms with Gasteiger partial charge in [-0.25, -0.2) is 0 Å². The number of likely N-dealkylation sites (tertiary alicyclic amines) is 2. The van der Waals surface area contributed by atoms with E-state index in [9.17, 15) is 9.90 Å². The zero-order valence-electron chi connectivity index (χ0n) is 15.4. The van der Waals surface area contributed by atoms with Gasteiger partial charge >= 0.3 is 0 Å². The van der Waals surface area contributed by atoms with Crippen molar-refractivity contribution in [2.24, 2.45) is 23.7 Å². The summed E-state index contributed by atoms with van der Waals surface area (Å²) in [5.74, 6) is 1.72. The Labute approximate surface area is 165 Å². The van der Waals surface area contributed by atoms with Gasteiger partial charge in [-0.3, -0.25) is 20.5 Å². The highest BCUT2D eigenvalue weighted by Crippen LogP contribution is 2.53. The monoisotopic (exact) mass is 404 g/mol. The van der Waals surface area contributed by atoms with Crippen LogP contribution in [0.3, 0.4) is 0 Å². The predicted molar refractivity (Wildman–Crippen MR) is 102 cm³/mol. The summed E-state index contributed by atoms with van der Waals surface area (Å²) < 4.78 is 0. The van der Waals surface area contributed by atoms with Crippen molar-refractivity contribution in [2.75, 3.05) is 33.3 Å². The number of hydrogen-bond acceptors (Lipinski definition) is 5. The maximum atomic E-state index is 12.3. The van der Waals surface area contributed by atoms with E-state index in [4.69, 9.17) is 23.2 Å². The number of hydrazine groups is 1. The lowest BCUT2D eigenvalue weighted by Crippen LogP contribution is -2.54. The molecule has 7 unspecified atom stereocenters. The van der Waals surface area contributed by atoms with Crippen molar-refractivity contribution in [2.45, 2.75) is 48.6 Å². The number of nitrogens with zero attached hydrogens (tertiary/aromatic N) is 2. The van der Waals surface area contributed by atoms with E-state index < -0.39 is 6.61 Å². The minimum atomic E-state index is -0.409. The van der Waals surface area contributed by atoms with Gasteiger partial charge in [0, 0.05) is 37.8 Å².